The number of ether oxygens (including phenoxy) is 1. The third-order valence-corrected chi connectivity index (χ3v) is 4.20. The van der Waals surface area contributed by atoms with Gasteiger partial charge in [-0.15, -0.1) is 6.58 Å². The Morgan fingerprint density at radius 1 is 1.50 bits per heavy atom. The van der Waals surface area contributed by atoms with Gasteiger partial charge < -0.3 is 4.74 Å². The van der Waals surface area contributed by atoms with Crippen LogP contribution >= 0.6 is 0 Å². The number of esters is 1. The molecule has 0 aromatic heterocycles. The van der Waals surface area contributed by atoms with Crippen molar-refractivity contribution in [3.8, 4) is 0 Å². The highest BCUT2D eigenvalue weighted by molar-refractivity contribution is 5.70. The molecule has 2 rings (SSSR count). The fourth-order valence-corrected chi connectivity index (χ4v) is 3.00. The topological polar surface area (TPSA) is 29.5 Å². The van der Waals surface area contributed by atoms with Crippen LogP contribution in [0.25, 0.3) is 0 Å². The van der Waals surface area contributed by atoms with Crippen LogP contribution in [0, 0.1) is 0 Å². The van der Waals surface area contributed by atoms with E-state index in [4.69, 9.17) is 4.74 Å². The molecule has 0 amide bonds. The van der Waals surface area contributed by atoms with Crippen LogP contribution in [0.5, 0.6) is 0 Å². The van der Waals surface area contributed by atoms with Crippen molar-refractivity contribution >= 4 is 5.97 Å². The molecule has 108 valence electrons. The predicted octanol–water partition coefficient (Wildman–Crippen LogP) is 3.12. The molecule has 1 fully saturated rings. The molecule has 0 radical (unpaired) electrons. The summed E-state index contributed by atoms with van der Waals surface area (Å²) in [5, 5.41) is 0. The van der Waals surface area contributed by atoms with Crippen LogP contribution in [0.2, 0.25) is 0 Å². The fraction of sp³-hybridized carbons (Fsp3) is 0.471. The lowest BCUT2D eigenvalue weighted by Gasteiger charge is -2.36. The molecule has 3 nitrogen and oxygen atoms in total. The number of hydrogen-bond acceptors (Lipinski definition) is 3. The second kappa shape index (κ2) is 6.23. The molecule has 0 bridgehead atoms. The van der Waals surface area contributed by atoms with Crippen molar-refractivity contribution in [2.75, 3.05) is 13.1 Å². The molecule has 1 aliphatic heterocycles. The molecule has 0 unspecified atom stereocenters. The Balaban J connectivity index is 2.35. The van der Waals surface area contributed by atoms with Crippen molar-refractivity contribution in [3.63, 3.8) is 0 Å². The van der Waals surface area contributed by atoms with Crippen molar-refractivity contribution in [1.82, 2.24) is 4.90 Å². The first-order chi connectivity index (χ1) is 9.64. The molecule has 3 heteroatoms. The van der Waals surface area contributed by atoms with Gasteiger partial charge in [-0.25, -0.2) is 0 Å². The Morgan fingerprint density at radius 2 is 2.20 bits per heavy atom. The van der Waals surface area contributed by atoms with Crippen molar-refractivity contribution in [1.29, 1.82) is 0 Å². The van der Waals surface area contributed by atoms with Crippen LogP contribution in [0.3, 0.4) is 0 Å². The Bertz CT molecular complexity index is 471. The van der Waals surface area contributed by atoms with Crippen molar-refractivity contribution in [2.45, 2.75) is 38.3 Å². The molecule has 0 spiro atoms. The summed E-state index contributed by atoms with van der Waals surface area (Å²) in [6.45, 7) is 9.51. The lowest BCUT2D eigenvalue weighted by Crippen LogP contribution is -2.43. The molecular weight excluding hydrogens is 250 g/mol. The van der Waals surface area contributed by atoms with Gasteiger partial charge in [-0.05, 0) is 12.5 Å². The summed E-state index contributed by atoms with van der Waals surface area (Å²) in [6, 6.07) is 10.2. The standard InChI is InChI=1S/C17H23NO2/c1-4-12-18-13-11-17(14(18)3,20-16(19)5-2)15-9-7-6-8-10-15/h4,6-10,14H,1,5,11-13H2,2-3H3/t14-,17+/m0/s1. The van der Waals surface area contributed by atoms with Gasteiger partial charge in [0.05, 0.1) is 6.04 Å². The number of likely N-dealkylation sites (tertiary alicyclic amines) is 1. The number of hydrogen-bond donors (Lipinski definition) is 0. The normalized spacial score (nSPS) is 26.4. The monoisotopic (exact) mass is 273 g/mol. The first kappa shape index (κ1) is 14.8. The van der Waals surface area contributed by atoms with Gasteiger partial charge in [0.15, 0.2) is 5.60 Å². The van der Waals surface area contributed by atoms with E-state index in [2.05, 4.69) is 30.5 Å². The van der Waals surface area contributed by atoms with Gasteiger partial charge in [0.25, 0.3) is 0 Å². The lowest BCUT2D eigenvalue weighted by atomic mass is 9.87. The highest BCUT2D eigenvalue weighted by Gasteiger charge is 2.48. The Kier molecular flexibility index (Phi) is 4.61. The molecule has 1 aromatic carbocycles. The van der Waals surface area contributed by atoms with Gasteiger partial charge in [-0.2, -0.15) is 0 Å². The van der Waals surface area contributed by atoms with Gasteiger partial charge in [0.1, 0.15) is 0 Å². The van der Waals surface area contributed by atoms with Gasteiger partial charge in [0, 0.05) is 25.9 Å². The van der Waals surface area contributed by atoms with E-state index in [0.29, 0.717) is 6.42 Å². The second-order valence-corrected chi connectivity index (χ2v) is 5.29. The molecular formula is C17H23NO2. The maximum absolute atomic E-state index is 11.9. The molecule has 0 aliphatic carbocycles. The molecule has 0 saturated carbocycles. The molecule has 0 N–H and O–H groups in total. The summed E-state index contributed by atoms with van der Waals surface area (Å²) in [6.07, 6.45) is 3.14. The molecule has 1 saturated heterocycles. The van der Waals surface area contributed by atoms with E-state index in [1.807, 2.05) is 31.2 Å². The maximum Gasteiger partial charge on any atom is 0.306 e. The van der Waals surface area contributed by atoms with E-state index in [-0.39, 0.29) is 12.0 Å². The van der Waals surface area contributed by atoms with Gasteiger partial charge in [0.2, 0.25) is 0 Å². The summed E-state index contributed by atoms with van der Waals surface area (Å²) >= 11 is 0. The average molecular weight is 273 g/mol. The summed E-state index contributed by atoms with van der Waals surface area (Å²) in [4.78, 5) is 14.2. The minimum absolute atomic E-state index is 0.138. The van der Waals surface area contributed by atoms with E-state index in [0.717, 1.165) is 25.1 Å². The minimum atomic E-state index is -0.530. The summed E-state index contributed by atoms with van der Waals surface area (Å²) in [7, 11) is 0. The number of carbonyl (C=O) groups excluding carboxylic acids is 1. The summed E-state index contributed by atoms with van der Waals surface area (Å²) in [5.74, 6) is -0.138. The molecule has 1 heterocycles. The van der Waals surface area contributed by atoms with E-state index >= 15 is 0 Å². The van der Waals surface area contributed by atoms with Crippen LogP contribution in [-0.4, -0.2) is 30.0 Å². The van der Waals surface area contributed by atoms with Gasteiger partial charge in [-0.1, -0.05) is 43.3 Å². The third-order valence-electron chi connectivity index (χ3n) is 4.20. The Hall–Kier alpha value is -1.61. The minimum Gasteiger partial charge on any atom is -0.452 e. The van der Waals surface area contributed by atoms with Gasteiger partial charge in [-0.3, -0.25) is 9.69 Å². The van der Waals surface area contributed by atoms with E-state index in [9.17, 15) is 4.79 Å². The van der Waals surface area contributed by atoms with Gasteiger partial charge >= 0.3 is 5.97 Å². The number of rotatable bonds is 5. The summed E-state index contributed by atoms with van der Waals surface area (Å²) in [5.41, 5.74) is 0.554. The number of benzene rings is 1. The van der Waals surface area contributed by atoms with Crippen LogP contribution in [-0.2, 0) is 15.1 Å². The SMILES string of the molecule is C=CCN1CC[C@](OC(=O)CC)(c2ccccc2)[C@@H]1C. The highest BCUT2D eigenvalue weighted by atomic mass is 16.6. The average Bonchev–Trinajstić information content (AvgIpc) is 2.79. The van der Waals surface area contributed by atoms with Crippen LogP contribution in [0.4, 0.5) is 0 Å². The third kappa shape index (κ3) is 2.63. The van der Waals surface area contributed by atoms with Crippen molar-refractivity contribution in [3.05, 3.63) is 48.6 Å². The smallest absolute Gasteiger partial charge is 0.306 e. The van der Waals surface area contributed by atoms with E-state index in [1.54, 1.807) is 0 Å². The zero-order chi connectivity index (χ0) is 14.6. The van der Waals surface area contributed by atoms with Crippen LogP contribution in [0.15, 0.2) is 43.0 Å². The molecule has 1 aromatic rings. The largest absolute Gasteiger partial charge is 0.452 e. The first-order valence-corrected chi connectivity index (χ1v) is 7.26. The van der Waals surface area contributed by atoms with E-state index < -0.39 is 5.60 Å². The van der Waals surface area contributed by atoms with Crippen molar-refractivity contribution < 1.29 is 9.53 Å². The predicted molar refractivity (Wildman–Crippen MR) is 80.4 cm³/mol. The molecule has 2 atom stereocenters. The van der Waals surface area contributed by atoms with E-state index in [1.165, 1.54) is 0 Å². The molecule has 1 aliphatic rings. The quantitative estimate of drug-likeness (QED) is 0.610. The molecule has 20 heavy (non-hydrogen) atoms. The number of carbonyl (C=O) groups is 1. The number of nitrogens with zero attached hydrogens (tertiary/aromatic N) is 1. The zero-order valence-electron chi connectivity index (χ0n) is 12.3. The van der Waals surface area contributed by atoms with Crippen molar-refractivity contribution in [2.24, 2.45) is 0 Å². The first-order valence-electron chi connectivity index (χ1n) is 7.26. The fourth-order valence-electron chi connectivity index (χ4n) is 3.00. The lowest BCUT2D eigenvalue weighted by molar-refractivity contribution is -0.163. The highest BCUT2D eigenvalue weighted by Crippen LogP contribution is 2.41. The van der Waals surface area contributed by atoms with Crippen LogP contribution in [0.1, 0.15) is 32.3 Å². The summed E-state index contributed by atoms with van der Waals surface area (Å²) < 4.78 is 5.91. The zero-order valence-corrected chi connectivity index (χ0v) is 12.3. The Morgan fingerprint density at radius 3 is 2.80 bits per heavy atom. The maximum atomic E-state index is 11.9. The van der Waals surface area contributed by atoms with Crippen LogP contribution < -0.4 is 0 Å². The second-order valence-electron chi connectivity index (χ2n) is 5.29. The Labute approximate surface area is 121 Å².